The van der Waals surface area contributed by atoms with Crippen molar-refractivity contribution in [2.75, 3.05) is 26.4 Å². The van der Waals surface area contributed by atoms with Gasteiger partial charge in [-0.2, -0.15) is 0 Å². The molecule has 0 saturated heterocycles. The van der Waals surface area contributed by atoms with E-state index >= 15 is 0 Å². The number of benzene rings is 1. The molecule has 120 valence electrons. The summed E-state index contributed by atoms with van der Waals surface area (Å²) in [6.45, 7) is 8.88. The molecule has 1 aromatic rings. The van der Waals surface area contributed by atoms with Crippen LogP contribution in [0.2, 0.25) is 0 Å². The maximum Gasteiger partial charge on any atom is 0.0897 e. The van der Waals surface area contributed by atoms with Crippen LogP contribution in [0, 0.1) is 0 Å². The summed E-state index contributed by atoms with van der Waals surface area (Å²) in [4.78, 5) is 0. The second-order valence-corrected chi connectivity index (χ2v) is 5.40. The molecule has 0 aliphatic carbocycles. The van der Waals surface area contributed by atoms with E-state index in [0.29, 0.717) is 26.4 Å². The summed E-state index contributed by atoms with van der Waals surface area (Å²) in [5.74, 6) is 0. The lowest BCUT2D eigenvalue weighted by Gasteiger charge is -2.14. The molecule has 0 radical (unpaired) electrons. The molecule has 0 fully saturated rings. The van der Waals surface area contributed by atoms with Gasteiger partial charge in [-0.05, 0) is 31.4 Å². The Bertz CT molecular complexity index is 382. The maximum absolute atomic E-state index is 9.83. The summed E-state index contributed by atoms with van der Waals surface area (Å²) in [7, 11) is 0. The Morgan fingerprint density at radius 3 is 2.52 bits per heavy atom. The lowest BCUT2D eigenvalue weighted by atomic mass is 10.1. The van der Waals surface area contributed by atoms with E-state index in [9.17, 15) is 5.11 Å². The van der Waals surface area contributed by atoms with Gasteiger partial charge in [-0.15, -0.1) is 0 Å². The van der Waals surface area contributed by atoms with Crippen LogP contribution in [0.3, 0.4) is 0 Å². The second kappa shape index (κ2) is 10.7. The first-order chi connectivity index (χ1) is 10.1. The van der Waals surface area contributed by atoms with Crippen LogP contribution in [0.25, 0.3) is 0 Å². The number of ether oxygens (including phenoxy) is 2. The fourth-order valence-electron chi connectivity index (χ4n) is 2.07. The molecule has 2 N–H and O–H groups in total. The number of aliphatic hydroxyl groups is 1. The van der Waals surface area contributed by atoms with E-state index < -0.39 is 6.10 Å². The molecule has 0 aliphatic heterocycles. The van der Waals surface area contributed by atoms with Gasteiger partial charge in [0.05, 0.1) is 32.0 Å². The van der Waals surface area contributed by atoms with E-state index in [1.54, 1.807) is 0 Å². The molecular formula is C17H29NO3. The Hall–Kier alpha value is -0.940. The van der Waals surface area contributed by atoms with E-state index in [1.807, 2.05) is 19.9 Å². The summed E-state index contributed by atoms with van der Waals surface area (Å²) in [5, 5.41) is 13.1. The zero-order chi connectivity index (χ0) is 15.5. The lowest BCUT2D eigenvalue weighted by Crippen LogP contribution is -2.30. The van der Waals surface area contributed by atoms with Crippen LogP contribution >= 0.6 is 0 Å². The van der Waals surface area contributed by atoms with Gasteiger partial charge in [-0.25, -0.2) is 0 Å². The standard InChI is InChI=1S/C17H29NO3/c1-4-15-7-5-6-8-16(15)11-18-12-17(19)13-20-9-10-21-14(2)3/h5-8,14,17-19H,4,9-13H2,1-3H3. The highest BCUT2D eigenvalue weighted by atomic mass is 16.5. The molecule has 0 bridgehead atoms. The van der Waals surface area contributed by atoms with E-state index in [4.69, 9.17) is 9.47 Å². The predicted molar refractivity (Wildman–Crippen MR) is 85.4 cm³/mol. The van der Waals surface area contributed by atoms with Crippen molar-refractivity contribution in [3.8, 4) is 0 Å². The maximum atomic E-state index is 9.83. The van der Waals surface area contributed by atoms with Gasteiger partial charge >= 0.3 is 0 Å². The molecule has 0 saturated carbocycles. The van der Waals surface area contributed by atoms with Crippen molar-refractivity contribution < 1.29 is 14.6 Å². The summed E-state index contributed by atoms with van der Waals surface area (Å²) >= 11 is 0. The topological polar surface area (TPSA) is 50.7 Å². The fourth-order valence-corrected chi connectivity index (χ4v) is 2.07. The molecular weight excluding hydrogens is 266 g/mol. The zero-order valence-electron chi connectivity index (χ0n) is 13.5. The molecule has 1 rings (SSSR count). The van der Waals surface area contributed by atoms with Gasteiger partial charge in [-0.3, -0.25) is 0 Å². The molecule has 1 aromatic carbocycles. The average molecular weight is 295 g/mol. The van der Waals surface area contributed by atoms with E-state index in [0.717, 1.165) is 13.0 Å². The number of aliphatic hydroxyl groups excluding tert-OH is 1. The van der Waals surface area contributed by atoms with Crippen LogP contribution < -0.4 is 5.32 Å². The van der Waals surface area contributed by atoms with Gasteiger partial charge in [0, 0.05) is 13.1 Å². The highest BCUT2D eigenvalue weighted by molar-refractivity contribution is 5.26. The van der Waals surface area contributed by atoms with Crippen LogP contribution in [-0.4, -0.2) is 43.7 Å². The zero-order valence-corrected chi connectivity index (χ0v) is 13.5. The SMILES string of the molecule is CCc1ccccc1CNCC(O)COCCOC(C)C. The Labute approximate surface area is 128 Å². The van der Waals surface area contributed by atoms with Crippen molar-refractivity contribution in [2.24, 2.45) is 0 Å². The quantitative estimate of drug-likeness (QED) is 0.614. The highest BCUT2D eigenvalue weighted by Gasteiger charge is 2.05. The average Bonchev–Trinajstić information content (AvgIpc) is 2.47. The number of hydrogen-bond donors (Lipinski definition) is 2. The normalized spacial score (nSPS) is 12.8. The van der Waals surface area contributed by atoms with Crippen LogP contribution in [-0.2, 0) is 22.4 Å². The van der Waals surface area contributed by atoms with Crippen LogP contribution in [0.1, 0.15) is 31.9 Å². The Morgan fingerprint density at radius 1 is 1.14 bits per heavy atom. The molecule has 21 heavy (non-hydrogen) atoms. The smallest absolute Gasteiger partial charge is 0.0897 e. The van der Waals surface area contributed by atoms with Crippen LogP contribution in [0.5, 0.6) is 0 Å². The van der Waals surface area contributed by atoms with Crippen molar-refractivity contribution in [2.45, 2.75) is 45.9 Å². The Kier molecular flexibility index (Phi) is 9.26. The number of rotatable bonds is 11. The van der Waals surface area contributed by atoms with E-state index in [1.165, 1.54) is 11.1 Å². The molecule has 1 atom stereocenters. The van der Waals surface area contributed by atoms with Crippen molar-refractivity contribution in [3.05, 3.63) is 35.4 Å². The van der Waals surface area contributed by atoms with Gasteiger partial charge in [0.25, 0.3) is 0 Å². The van der Waals surface area contributed by atoms with Crippen LogP contribution in [0.15, 0.2) is 24.3 Å². The minimum atomic E-state index is -0.488. The number of aryl methyl sites for hydroxylation is 1. The minimum absolute atomic E-state index is 0.221. The molecule has 0 aliphatic rings. The second-order valence-electron chi connectivity index (χ2n) is 5.40. The van der Waals surface area contributed by atoms with Gasteiger partial charge in [0.1, 0.15) is 0 Å². The monoisotopic (exact) mass is 295 g/mol. The third-order valence-corrected chi connectivity index (χ3v) is 3.18. The molecule has 4 nitrogen and oxygen atoms in total. The lowest BCUT2D eigenvalue weighted by molar-refractivity contribution is -0.0100. The summed E-state index contributed by atoms with van der Waals surface area (Å²) in [6.07, 6.45) is 0.760. The summed E-state index contributed by atoms with van der Waals surface area (Å²) < 4.78 is 10.7. The van der Waals surface area contributed by atoms with Crippen LogP contribution in [0.4, 0.5) is 0 Å². The molecule has 0 heterocycles. The summed E-state index contributed by atoms with van der Waals surface area (Å²) in [6, 6.07) is 8.37. The molecule has 0 amide bonds. The first kappa shape index (κ1) is 18.1. The van der Waals surface area contributed by atoms with Crippen molar-refractivity contribution in [3.63, 3.8) is 0 Å². The Balaban J connectivity index is 2.11. The Morgan fingerprint density at radius 2 is 1.86 bits per heavy atom. The molecule has 4 heteroatoms. The third-order valence-electron chi connectivity index (χ3n) is 3.18. The predicted octanol–water partition coefficient (Wildman–Crippen LogP) is 2.14. The first-order valence-corrected chi connectivity index (χ1v) is 7.78. The van der Waals surface area contributed by atoms with Gasteiger partial charge in [-0.1, -0.05) is 31.2 Å². The van der Waals surface area contributed by atoms with Crippen molar-refractivity contribution in [1.29, 1.82) is 0 Å². The fraction of sp³-hybridized carbons (Fsp3) is 0.647. The molecule has 0 spiro atoms. The number of nitrogens with one attached hydrogen (secondary N) is 1. The highest BCUT2D eigenvalue weighted by Crippen LogP contribution is 2.08. The third kappa shape index (κ3) is 8.17. The minimum Gasteiger partial charge on any atom is -0.389 e. The molecule has 1 unspecified atom stereocenters. The van der Waals surface area contributed by atoms with Gasteiger partial charge in [0.15, 0.2) is 0 Å². The molecule has 0 aromatic heterocycles. The summed E-state index contributed by atoms with van der Waals surface area (Å²) in [5.41, 5.74) is 2.64. The van der Waals surface area contributed by atoms with Gasteiger partial charge < -0.3 is 19.9 Å². The van der Waals surface area contributed by atoms with E-state index in [-0.39, 0.29) is 6.10 Å². The van der Waals surface area contributed by atoms with E-state index in [2.05, 4.69) is 30.4 Å². The number of hydrogen-bond acceptors (Lipinski definition) is 4. The van der Waals surface area contributed by atoms with Gasteiger partial charge in [0.2, 0.25) is 0 Å². The van der Waals surface area contributed by atoms with Crippen molar-refractivity contribution in [1.82, 2.24) is 5.32 Å². The van der Waals surface area contributed by atoms with Crippen molar-refractivity contribution >= 4 is 0 Å². The first-order valence-electron chi connectivity index (χ1n) is 7.78. The largest absolute Gasteiger partial charge is 0.389 e.